The lowest BCUT2D eigenvalue weighted by molar-refractivity contribution is -0.142. The maximum Gasteiger partial charge on any atom is 0.233 e. The molecule has 2 aliphatic carbocycles. The highest BCUT2D eigenvalue weighted by Crippen LogP contribution is 2.55. The predicted molar refractivity (Wildman–Crippen MR) is 93.2 cm³/mol. The maximum atomic E-state index is 13.6. The Bertz CT molecular complexity index is 661. The summed E-state index contributed by atoms with van der Waals surface area (Å²) in [4.78, 5) is 15.8. The van der Waals surface area contributed by atoms with Crippen molar-refractivity contribution < 1.29 is 9.18 Å². The zero-order valence-corrected chi connectivity index (χ0v) is 15.1. The molecule has 1 amide bonds. The minimum absolute atomic E-state index is 0.230. The predicted octanol–water partition coefficient (Wildman–Crippen LogP) is 4.67. The van der Waals surface area contributed by atoms with Gasteiger partial charge in [-0.25, -0.2) is 4.39 Å². The summed E-state index contributed by atoms with van der Waals surface area (Å²) < 4.78 is 13.3. The van der Waals surface area contributed by atoms with Crippen molar-refractivity contribution in [2.45, 2.75) is 70.8 Å². The van der Waals surface area contributed by atoms with Crippen LogP contribution in [0.15, 0.2) is 24.3 Å². The third kappa shape index (κ3) is 2.39. The number of halogens is 1. The third-order valence-corrected chi connectivity index (χ3v) is 6.69. The first kappa shape index (κ1) is 16.1. The number of carbonyl (C=O) groups is 1. The minimum Gasteiger partial charge on any atom is -0.338 e. The largest absolute Gasteiger partial charge is 0.338 e. The number of rotatable bonds is 2. The highest BCUT2D eigenvalue weighted by molar-refractivity contribution is 5.90. The topological polar surface area (TPSA) is 20.3 Å². The van der Waals surface area contributed by atoms with Gasteiger partial charge in [-0.2, -0.15) is 0 Å². The molecule has 2 nitrogen and oxygen atoms in total. The number of fused-ring (bicyclic) bond motifs is 2. The molecule has 130 valence electrons. The average molecular weight is 329 g/mol. The van der Waals surface area contributed by atoms with Gasteiger partial charge in [0.2, 0.25) is 5.91 Å². The zero-order valence-electron chi connectivity index (χ0n) is 15.1. The summed E-state index contributed by atoms with van der Waals surface area (Å²) in [5.74, 6) is 0.0683. The summed E-state index contributed by atoms with van der Waals surface area (Å²) in [5, 5.41) is 0. The van der Waals surface area contributed by atoms with Crippen LogP contribution in [0.2, 0.25) is 0 Å². The smallest absolute Gasteiger partial charge is 0.233 e. The van der Waals surface area contributed by atoms with E-state index in [-0.39, 0.29) is 11.2 Å². The van der Waals surface area contributed by atoms with Gasteiger partial charge in [0.25, 0.3) is 0 Å². The molecule has 24 heavy (non-hydrogen) atoms. The molecule has 0 aromatic heterocycles. The van der Waals surface area contributed by atoms with E-state index < -0.39 is 5.41 Å². The van der Waals surface area contributed by atoms with Crippen LogP contribution in [0.5, 0.6) is 0 Å². The molecule has 1 aromatic rings. The lowest BCUT2D eigenvalue weighted by atomic mass is 9.63. The SMILES string of the molecule is CC1(C)CC2CC(C)(CN2C(=O)C2(c3ccc(F)cc3)CCC2)C1. The zero-order chi connectivity index (χ0) is 17.2. The normalized spacial score (nSPS) is 33.2. The van der Waals surface area contributed by atoms with Crippen molar-refractivity contribution in [3.05, 3.63) is 35.6 Å². The Hall–Kier alpha value is -1.38. The van der Waals surface area contributed by atoms with Crippen LogP contribution in [0.3, 0.4) is 0 Å². The number of likely N-dealkylation sites (tertiary alicyclic amines) is 1. The van der Waals surface area contributed by atoms with Gasteiger partial charge in [-0.05, 0) is 60.6 Å². The Morgan fingerprint density at radius 2 is 1.79 bits per heavy atom. The quantitative estimate of drug-likeness (QED) is 0.772. The van der Waals surface area contributed by atoms with Crippen LogP contribution < -0.4 is 0 Å². The summed E-state index contributed by atoms with van der Waals surface area (Å²) in [6, 6.07) is 7.01. The molecule has 0 spiro atoms. The number of nitrogens with zero attached hydrogens (tertiary/aromatic N) is 1. The number of carbonyl (C=O) groups excluding carboxylic acids is 1. The number of hydrogen-bond acceptors (Lipinski definition) is 1. The first-order chi connectivity index (χ1) is 11.2. The first-order valence-electron chi connectivity index (χ1n) is 9.30. The summed E-state index contributed by atoms with van der Waals surface area (Å²) >= 11 is 0. The van der Waals surface area contributed by atoms with Crippen molar-refractivity contribution in [3.8, 4) is 0 Å². The van der Waals surface area contributed by atoms with Gasteiger partial charge in [0.15, 0.2) is 0 Å². The molecule has 2 bridgehead atoms. The van der Waals surface area contributed by atoms with E-state index in [2.05, 4.69) is 25.7 Å². The number of hydrogen-bond donors (Lipinski definition) is 0. The van der Waals surface area contributed by atoms with Crippen LogP contribution >= 0.6 is 0 Å². The summed E-state index contributed by atoms with van der Waals surface area (Å²) in [6.07, 6.45) is 6.34. The Morgan fingerprint density at radius 1 is 1.12 bits per heavy atom. The van der Waals surface area contributed by atoms with Gasteiger partial charge in [0.1, 0.15) is 5.82 Å². The van der Waals surface area contributed by atoms with E-state index in [9.17, 15) is 9.18 Å². The average Bonchev–Trinajstić information content (AvgIpc) is 2.68. The lowest BCUT2D eigenvalue weighted by Gasteiger charge is -2.45. The van der Waals surface area contributed by atoms with Crippen LogP contribution in [0.25, 0.3) is 0 Å². The van der Waals surface area contributed by atoms with E-state index >= 15 is 0 Å². The Balaban J connectivity index is 1.64. The fourth-order valence-corrected chi connectivity index (χ4v) is 5.90. The van der Waals surface area contributed by atoms with E-state index in [0.717, 1.165) is 44.2 Å². The molecule has 2 atom stereocenters. The molecule has 1 heterocycles. The fourth-order valence-electron chi connectivity index (χ4n) is 5.90. The van der Waals surface area contributed by atoms with Gasteiger partial charge in [-0.1, -0.05) is 39.3 Å². The molecule has 3 heteroatoms. The molecule has 4 rings (SSSR count). The standard InChI is InChI=1S/C21H28FNO/c1-19(2)11-17-12-20(3,13-19)14-23(17)18(24)21(9-4-10-21)15-5-7-16(22)8-6-15/h5-8,17H,4,9-14H2,1-3H3. The lowest BCUT2D eigenvalue weighted by Crippen LogP contribution is -2.52. The summed E-state index contributed by atoms with van der Waals surface area (Å²) in [6.45, 7) is 7.91. The van der Waals surface area contributed by atoms with Crippen molar-refractivity contribution >= 4 is 5.91 Å². The fraction of sp³-hybridized carbons (Fsp3) is 0.667. The van der Waals surface area contributed by atoms with Crippen molar-refractivity contribution in [2.24, 2.45) is 10.8 Å². The van der Waals surface area contributed by atoms with Gasteiger partial charge in [-0.3, -0.25) is 4.79 Å². The van der Waals surface area contributed by atoms with E-state index in [0.29, 0.717) is 17.4 Å². The Kier molecular flexibility index (Phi) is 3.40. The number of benzene rings is 1. The molecule has 1 aromatic carbocycles. The molecule has 3 fully saturated rings. The van der Waals surface area contributed by atoms with Crippen molar-refractivity contribution in [1.82, 2.24) is 4.90 Å². The monoisotopic (exact) mass is 329 g/mol. The second-order valence-corrected chi connectivity index (χ2v) is 9.59. The van der Waals surface area contributed by atoms with E-state index in [1.54, 1.807) is 0 Å². The van der Waals surface area contributed by atoms with Crippen molar-refractivity contribution in [1.29, 1.82) is 0 Å². The maximum absolute atomic E-state index is 13.6. The minimum atomic E-state index is -0.397. The first-order valence-corrected chi connectivity index (χ1v) is 9.30. The summed E-state index contributed by atoms with van der Waals surface area (Å²) in [7, 11) is 0. The van der Waals surface area contributed by atoms with Gasteiger partial charge in [0.05, 0.1) is 5.41 Å². The van der Waals surface area contributed by atoms with E-state index in [1.165, 1.54) is 18.6 Å². The van der Waals surface area contributed by atoms with Gasteiger partial charge >= 0.3 is 0 Å². The van der Waals surface area contributed by atoms with Crippen molar-refractivity contribution in [2.75, 3.05) is 6.54 Å². The third-order valence-electron chi connectivity index (χ3n) is 6.69. The van der Waals surface area contributed by atoms with Crippen LogP contribution in [-0.2, 0) is 10.2 Å². The molecule has 1 aliphatic heterocycles. The van der Waals surface area contributed by atoms with Gasteiger partial charge < -0.3 is 4.90 Å². The molecule has 2 unspecified atom stereocenters. The molecular formula is C21H28FNO. The van der Waals surface area contributed by atoms with Crippen molar-refractivity contribution in [3.63, 3.8) is 0 Å². The second kappa shape index (κ2) is 5.06. The molecule has 0 radical (unpaired) electrons. The van der Waals surface area contributed by atoms with E-state index in [4.69, 9.17) is 0 Å². The number of amides is 1. The van der Waals surface area contributed by atoms with E-state index in [1.807, 2.05) is 12.1 Å². The second-order valence-electron chi connectivity index (χ2n) is 9.59. The van der Waals surface area contributed by atoms with Crippen LogP contribution in [-0.4, -0.2) is 23.4 Å². The van der Waals surface area contributed by atoms with Crippen LogP contribution in [0, 0.1) is 16.6 Å². The van der Waals surface area contributed by atoms with Crippen LogP contribution in [0.1, 0.15) is 64.9 Å². The molecule has 0 N–H and O–H groups in total. The molecule has 1 saturated heterocycles. The van der Waals surface area contributed by atoms with Gasteiger partial charge in [0, 0.05) is 12.6 Å². The molecule has 2 saturated carbocycles. The summed E-state index contributed by atoms with van der Waals surface area (Å²) in [5.41, 5.74) is 1.18. The molecule has 3 aliphatic rings. The molecular weight excluding hydrogens is 301 g/mol. The van der Waals surface area contributed by atoms with Gasteiger partial charge in [-0.15, -0.1) is 0 Å². The highest BCUT2D eigenvalue weighted by Gasteiger charge is 2.56. The highest BCUT2D eigenvalue weighted by atomic mass is 19.1. The Morgan fingerprint density at radius 3 is 2.38 bits per heavy atom. The van der Waals surface area contributed by atoms with Crippen LogP contribution in [0.4, 0.5) is 4.39 Å². The Labute approximate surface area is 144 Å².